The molecule has 0 aliphatic carbocycles. The fourth-order valence-corrected chi connectivity index (χ4v) is 1.58. The minimum absolute atomic E-state index is 0.0462. The zero-order valence-corrected chi connectivity index (χ0v) is 11.5. The molecule has 1 heterocycles. The third-order valence-corrected chi connectivity index (χ3v) is 2.44. The molecule has 1 aromatic carbocycles. The molecule has 0 amide bonds. The maximum atomic E-state index is 12.9. The van der Waals surface area contributed by atoms with Gasteiger partial charge in [0.05, 0.1) is 6.10 Å². The second-order valence-electron chi connectivity index (χ2n) is 4.57. The first-order chi connectivity index (χ1) is 9.86. The number of aromatic nitrogens is 2. The van der Waals surface area contributed by atoms with Crippen molar-refractivity contribution in [2.45, 2.75) is 26.1 Å². The zero-order chi connectivity index (χ0) is 15.5. The zero-order valence-electron chi connectivity index (χ0n) is 11.5. The van der Waals surface area contributed by atoms with E-state index in [0.717, 1.165) is 6.20 Å². The largest absolute Gasteiger partial charge is 0.474 e. The Kier molecular flexibility index (Phi) is 4.30. The third kappa shape index (κ3) is 4.08. The average molecular weight is 297 g/mol. The summed E-state index contributed by atoms with van der Waals surface area (Å²) in [5.41, 5.74) is -0.317. The number of halogens is 3. The number of benzene rings is 1. The fraction of sp³-hybridized carbons (Fsp3) is 0.286. The van der Waals surface area contributed by atoms with E-state index in [1.807, 2.05) is 6.07 Å². The van der Waals surface area contributed by atoms with Crippen LogP contribution in [0.2, 0.25) is 0 Å². The van der Waals surface area contributed by atoms with E-state index in [1.165, 1.54) is 0 Å². The SMILES string of the molecule is CC(C)Oc1nc(Nc2ccccc2)ncc1C(F)(F)F. The molecule has 0 radical (unpaired) electrons. The monoisotopic (exact) mass is 297 g/mol. The number of para-hydroxylation sites is 1. The summed E-state index contributed by atoms with van der Waals surface area (Å²) in [5, 5.41) is 2.83. The standard InChI is InChI=1S/C14H14F3N3O/c1-9(2)21-12-11(14(15,16)17)8-18-13(20-12)19-10-6-4-3-5-7-10/h3-9H,1-2H3,(H,18,19,20). The van der Waals surface area contributed by atoms with E-state index in [0.29, 0.717) is 5.69 Å². The Bertz CT molecular complexity index is 600. The van der Waals surface area contributed by atoms with Gasteiger partial charge in [-0.15, -0.1) is 0 Å². The van der Waals surface area contributed by atoms with Crippen molar-refractivity contribution in [1.29, 1.82) is 0 Å². The number of hydrogen-bond acceptors (Lipinski definition) is 4. The number of hydrogen-bond donors (Lipinski definition) is 1. The summed E-state index contributed by atoms with van der Waals surface area (Å²) in [4.78, 5) is 7.50. The van der Waals surface area contributed by atoms with Crippen LogP contribution in [0, 0.1) is 0 Å². The lowest BCUT2D eigenvalue weighted by Gasteiger charge is -2.15. The summed E-state index contributed by atoms with van der Waals surface area (Å²) in [6, 6.07) is 8.91. The Labute approximate surface area is 120 Å². The van der Waals surface area contributed by atoms with E-state index in [4.69, 9.17) is 4.74 Å². The first-order valence-corrected chi connectivity index (χ1v) is 6.29. The van der Waals surface area contributed by atoms with Crippen molar-refractivity contribution in [1.82, 2.24) is 9.97 Å². The van der Waals surface area contributed by atoms with E-state index in [1.54, 1.807) is 38.1 Å². The molecule has 0 aliphatic heterocycles. The Morgan fingerprint density at radius 1 is 1.14 bits per heavy atom. The van der Waals surface area contributed by atoms with Crippen LogP contribution >= 0.6 is 0 Å². The molecule has 0 aliphatic rings. The van der Waals surface area contributed by atoms with Crippen LogP contribution in [0.5, 0.6) is 5.88 Å². The highest BCUT2D eigenvalue weighted by Gasteiger charge is 2.36. The van der Waals surface area contributed by atoms with Crippen molar-refractivity contribution in [2.24, 2.45) is 0 Å². The quantitative estimate of drug-likeness (QED) is 0.925. The van der Waals surface area contributed by atoms with Crippen LogP contribution in [-0.2, 0) is 6.18 Å². The number of ether oxygens (including phenoxy) is 1. The van der Waals surface area contributed by atoms with E-state index >= 15 is 0 Å². The van der Waals surface area contributed by atoms with Crippen LogP contribution in [0.15, 0.2) is 36.5 Å². The topological polar surface area (TPSA) is 47.0 Å². The molecule has 0 spiro atoms. The summed E-state index contributed by atoms with van der Waals surface area (Å²) in [6.45, 7) is 3.26. The molecule has 1 N–H and O–H groups in total. The Balaban J connectivity index is 2.33. The summed E-state index contributed by atoms with van der Waals surface area (Å²) in [6.07, 6.45) is -4.27. The van der Waals surface area contributed by atoms with Gasteiger partial charge in [-0.2, -0.15) is 18.2 Å². The van der Waals surface area contributed by atoms with Gasteiger partial charge in [-0.1, -0.05) is 18.2 Å². The van der Waals surface area contributed by atoms with E-state index in [2.05, 4.69) is 15.3 Å². The summed E-state index contributed by atoms with van der Waals surface area (Å²) in [7, 11) is 0. The lowest BCUT2D eigenvalue weighted by molar-refractivity contribution is -0.139. The molecular formula is C14H14F3N3O. The van der Waals surface area contributed by atoms with Crippen molar-refractivity contribution >= 4 is 11.6 Å². The summed E-state index contributed by atoms with van der Waals surface area (Å²) < 4.78 is 43.8. The number of nitrogens with zero attached hydrogens (tertiary/aromatic N) is 2. The molecule has 1 aromatic heterocycles. The van der Waals surface area contributed by atoms with Gasteiger partial charge in [0, 0.05) is 11.9 Å². The van der Waals surface area contributed by atoms with Crippen LogP contribution < -0.4 is 10.1 Å². The van der Waals surface area contributed by atoms with Gasteiger partial charge in [-0.05, 0) is 26.0 Å². The maximum absolute atomic E-state index is 12.9. The number of anilines is 2. The van der Waals surface area contributed by atoms with Crippen LogP contribution in [-0.4, -0.2) is 16.1 Å². The van der Waals surface area contributed by atoms with Crippen LogP contribution in [0.25, 0.3) is 0 Å². The third-order valence-electron chi connectivity index (χ3n) is 2.44. The van der Waals surface area contributed by atoms with E-state index < -0.39 is 23.7 Å². The van der Waals surface area contributed by atoms with E-state index in [9.17, 15) is 13.2 Å². The molecule has 0 bridgehead atoms. The van der Waals surface area contributed by atoms with Gasteiger partial charge in [-0.25, -0.2) is 4.98 Å². The predicted octanol–water partition coefficient (Wildman–Crippen LogP) is 4.03. The van der Waals surface area contributed by atoms with Gasteiger partial charge in [0.15, 0.2) is 0 Å². The molecule has 0 unspecified atom stereocenters. The van der Waals surface area contributed by atoms with Gasteiger partial charge >= 0.3 is 6.18 Å². The highest BCUT2D eigenvalue weighted by atomic mass is 19.4. The second kappa shape index (κ2) is 5.99. The minimum Gasteiger partial charge on any atom is -0.474 e. The summed E-state index contributed by atoms with van der Waals surface area (Å²) in [5.74, 6) is -0.434. The van der Waals surface area contributed by atoms with Crippen molar-refractivity contribution in [3.63, 3.8) is 0 Å². The van der Waals surface area contributed by atoms with Crippen molar-refractivity contribution < 1.29 is 17.9 Å². The van der Waals surface area contributed by atoms with E-state index in [-0.39, 0.29) is 5.95 Å². The fourth-order valence-electron chi connectivity index (χ4n) is 1.58. The molecule has 7 heteroatoms. The normalized spacial score (nSPS) is 11.5. The lowest BCUT2D eigenvalue weighted by Crippen LogP contribution is -2.15. The Morgan fingerprint density at radius 3 is 2.38 bits per heavy atom. The van der Waals surface area contributed by atoms with Crippen LogP contribution in [0.4, 0.5) is 24.8 Å². The van der Waals surface area contributed by atoms with Crippen LogP contribution in [0.3, 0.4) is 0 Å². The van der Waals surface area contributed by atoms with Gasteiger partial charge in [0.25, 0.3) is 0 Å². The van der Waals surface area contributed by atoms with Crippen LogP contribution in [0.1, 0.15) is 19.4 Å². The molecule has 0 atom stereocenters. The highest BCUT2D eigenvalue weighted by Crippen LogP contribution is 2.35. The molecule has 21 heavy (non-hydrogen) atoms. The molecule has 112 valence electrons. The first kappa shape index (κ1) is 15.1. The molecule has 4 nitrogen and oxygen atoms in total. The molecule has 0 fully saturated rings. The lowest BCUT2D eigenvalue weighted by atomic mass is 10.3. The number of rotatable bonds is 4. The van der Waals surface area contributed by atoms with Crippen molar-refractivity contribution in [2.75, 3.05) is 5.32 Å². The molecule has 0 saturated carbocycles. The Hall–Kier alpha value is -2.31. The first-order valence-electron chi connectivity index (χ1n) is 6.29. The van der Waals surface area contributed by atoms with Crippen molar-refractivity contribution in [3.05, 3.63) is 42.1 Å². The molecule has 2 rings (SSSR count). The van der Waals surface area contributed by atoms with Gasteiger partial charge in [-0.3, -0.25) is 0 Å². The second-order valence-corrected chi connectivity index (χ2v) is 4.57. The van der Waals surface area contributed by atoms with Gasteiger partial charge in [0.1, 0.15) is 5.56 Å². The number of alkyl halides is 3. The smallest absolute Gasteiger partial charge is 0.423 e. The van der Waals surface area contributed by atoms with Gasteiger partial charge in [0.2, 0.25) is 11.8 Å². The highest BCUT2D eigenvalue weighted by molar-refractivity contribution is 5.53. The molecular weight excluding hydrogens is 283 g/mol. The summed E-state index contributed by atoms with van der Waals surface area (Å²) >= 11 is 0. The molecule has 0 saturated heterocycles. The molecule has 2 aromatic rings. The van der Waals surface area contributed by atoms with Gasteiger partial charge < -0.3 is 10.1 Å². The minimum atomic E-state index is -4.56. The maximum Gasteiger partial charge on any atom is 0.423 e. The van der Waals surface area contributed by atoms with Crippen molar-refractivity contribution in [3.8, 4) is 5.88 Å². The number of nitrogens with one attached hydrogen (secondary N) is 1. The average Bonchev–Trinajstić information content (AvgIpc) is 2.38. The Morgan fingerprint density at radius 2 is 1.81 bits per heavy atom. The predicted molar refractivity (Wildman–Crippen MR) is 72.5 cm³/mol.